The molecule has 4 rings (SSSR count). The van der Waals surface area contributed by atoms with Crippen molar-refractivity contribution in [3.8, 4) is 0 Å². The van der Waals surface area contributed by atoms with Crippen molar-refractivity contribution in [3.05, 3.63) is 60.7 Å². The van der Waals surface area contributed by atoms with Crippen LogP contribution in [0.15, 0.2) is 70.6 Å². The molecule has 28 heavy (non-hydrogen) atoms. The summed E-state index contributed by atoms with van der Waals surface area (Å²) in [6, 6.07) is 18.1. The van der Waals surface area contributed by atoms with E-state index in [-0.39, 0.29) is 34.7 Å². The molecule has 0 amide bonds. The van der Waals surface area contributed by atoms with Crippen molar-refractivity contribution < 1.29 is 8.42 Å². The number of fused-ring (bicyclic) bond motifs is 2. The zero-order chi connectivity index (χ0) is 18.1. The number of halogens is 2. The molecule has 0 aliphatic heterocycles. The van der Waals surface area contributed by atoms with Crippen LogP contribution in [0.3, 0.4) is 0 Å². The van der Waals surface area contributed by atoms with Gasteiger partial charge < -0.3 is 11.1 Å². The van der Waals surface area contributed by atoms with E-state index in [9.17, 15) is 8.42 Å². The topological polar surface area (TPSA) is 101 Å². The first-order valence-electron chi connectivity index (χ1n) is 8.26. The van der Waals surface area contributed by atoms with E-state index in [4.69, 9.17) is 5.73 Å². The van der Waals surface area contributed by atoms with Crippen LogP contribution >= 0.6 is 24.8 Å². The normalized spacial score (nSPS) is 11.0. The van der Waals surface area contributed by atoms with Gasteiger partial charge in [0.05, 0.1) is 10.4 Å². The van der Waals surface area contributed by atoms with E-state index in [2.05, 4.69) is 15.5 Å². The molecule has 148 valence electrons. The SMILES string of the molecule is Cl.Cl.NCCNc1ccc2c(S(=O)(=O)c3cccc4ccccc34)[nH]nc2c1. The monoisotopic (exact) mass is 438 g/mol. The van der Waals surface area contributed by atoms with Crippen molar-refractivity contribution in [1.29, 1.82) is 0 Å². The van der Waals surface area contributed by atoms with Crippen molar-refractivity contribution in [2.24, 2.45) is 5.73 Å². The van der Waals surface area contributed by atoms with E-state index in [1.807, 2.05) is 42.5 Å². The fraction of sp³-hybridized carbons (Fsp3) is 0.105. The zero-order valence-electron chi connectivity index (χ0n) is 14.8. The standard InChI is InChI=1S/C19H18N4O2S.2ClH/c20-10-11-21-14-8-9-16-17(12-14)22-23-19(16)26(24,25)18-7-3-5-13-4-1-2-6-15(13)18;;/h1-9,12,21H,10-11,20H2,(H,22,23);2*1H. The molecule has 0 saturated heterocycles. The Labute approximate surface area is 175 Å². The van der Waals surface area contributed by atoms with Crippen LogP contribution in [-0.2, 0) is 9.84 Å². The molecule has 0 radical (unpaired) electrons. The molecule has 0 aliphatic carbocycles. The van der Waals surface area contributed by atoms with Crippen LogP contribution in [0.4, 0.5) is 5.69 Å². The lowest BCUT2D eigenvalue weighted by atomic mass is 10.1. The van der Waals surface area contributed by atoms with Gasteiger partial charge in [-0.1, -0.05) is 36.4 Å². The number of aromatic amines is 1. The van der Waals surface area contributed by atoms with Gasteiger partial charge in [-0.25, -0.2) is 8.42 Å². The second kappa shape index (κ2) is 8.79. The fourth-order valence-electron chi connectivity index (χ4n) is 3.06. The highest BCUT2D eigenvalue weighted by Gasteiger charge is 2.24. The number of nitrogens with two attached hydrogens (primary N) is 1. The Morgan fingerprint density at radius 1 is 0.964 bits per heavy atom. The van der Waals surface area contributed by atoms with Gasteiger partial charge in [-0.15, -0.1) is 24.8 Å². The third kappa shape index (κ3) is 3.79. The number of benzene rings is 3. The molecule has 6 nitrogen and oxygen atoms in total. The molecular formula is C19H20Cl2N4O2S. The Kier molecular flexibility index (Phi) is 6.90. The molecule has 0 bridgehead atoms. The van der Waals surface area contributed by atoms with Gasteiger partial charge in [0, 0.05) is 29.5 Å². The first kappa shape index (κ1) is 22.0. The predicted octanol–water partition coefficient (Wildman–Crippen LogP) is 3.76. The smallest absolute Gasteiger partial charge is 0.224 e. The minimum Gasteiger partial charge on any atom is -0.384 e. The fourth-order valence-corrected chi connectivity index (χ4v) is 4.64. The van der Waals surface area contributed by atoms with Crippen molar-refractivity contribution >= 4 is 62.0 Å². The maximum absolute atomic E-state index is 13.3. The van der Waals surface area contributed by atoms with Gasteiger partial charge in [0.25, 0.3) is 0 Å². The third-order valence-electron chi connectivity index (χ3n) is 4.30. The van der Waals surface area contributed by atoms with Gasteiger partial charge in [0.1, 0.15) is 0 Å². The van der Waals surface area contributed by atoms with Gasteiger partial charge in [0.2, 0.25) is 9.84 Å². The number of anilines is 1. The highest BCUT2D eigenvalue weighted by Crippen LogP contribution is 2.31. The summed E-state index contributed by atoms with van der Waals surface area (Å²) < 4.78 is 26.6. The maximum Gasteiger partial charge on any atom is 0.224 e. The summed E-state index contributed by atoms with van der Waals surface area (Å²) in [6.45, 7) is 1.15. The minimum atomic E-state index is -3.74. The molecule has 0 spiro atoms. The highest BCUT2D eigenvalue weighted by atomic mass is 35.5. The molecule has 4 N–H and O–H groups in total. The Hall–Kier alpha value is -2.32. The summed E-state index contributed by atoms with van der Waals surface area (Å²) >= 11 is 0. The van der Waals surface area contributed by atoms with Crippen molar-refractivity contribution in [2.75, 3.05) is 18.4 Å². The van der Waals surface area contributed by atoms with Crippen molar-refractivity contribution in [3.63, 3.8) is 0 Å². The van der Waals surface area contributed by atoms with E-state index in [0.29, 0.717) is 29.4 Å². The lowest BCUT2D eigenvalue weighted by Crippen LogP contribution is -2.12. The average molecular weight is 439 g/mol. The third-order valence-corrected chi connectivity index (χ3v) is 6.09. The van der Waals surface area contributed by atoms with Crippen LogP contribution in [-0.4, -0.2) is 31.7 Å². The van der Waals surface area contributed by atoms with Crippen molar-refractivity contribution in [2.45, 2.75) is 9.92 Å². The molecule has 1 aromatic heterocycles. The Morgan fingerprint density at radius 3 is 2.50 bits per heavy atom. The quantitative estimate of drug-likeness (QED) is 0.440. The molecule has 4 aromatic rings. The number of sulfone groups is 1. The highest BCUT2D eigenvalue weighted by molar-refractivity contribution is 7.91. The van der Waals surface area contributed by atoms with Crippen LogP contribution in [0.2, 0.25) is 0 Å². The summed E-state index contributed by atoms with van der Waals surface area (Å²) in [5.74, 6) is 0. The lowest BCUT2D eigenvalue weighted by Gasteiger charge is -2.07. The molecule has 9 heteroatoms. The Bertz CT molecular complexity index is 1200. The van der Waals surface area contributed by atoms with Crippen LogP contribution in [0, 0.1) is 0 Å². The van der Waals surface area contributed by atoms with Gasteiger partial charge in [-0.05, 0) is 29.7 Å². The first-order valence-corrected chi connectivity index (χ1v) is 9.74. The van der Waals surface area contributed by atoms with E-state index in [1.54, 1.807) is 18.2 Å². The molecule has 0 unspecified atom stereocenters. The van der Waals surface area contributed by atoms with Gasteiger partial charge >= 0.3 is 0 Å². The number of H-pyrrole nitrogens is 1. The average Bonchev–Trinajstić information content (AvgIpc) is 3.10. The molecule has 0 fully saturated rings. The number of nitrogens with one attached hydrogen (secondary N) is 2. The van der Waals surface area contributed by atoms with Crippen LogP contribution in [0.25, 0.3) is 21.7 Å². The second-order valence-electron chi connectivity index (χ2n) is 5.98. The van der Waals surface area contributed by atoms with E-state index >= 15 is 0 Å². The van der Waals surface area contributed by atoms with E-state index in [1.165, 1.54) is 0 Å². The second-order valence-corrected chi connectivity index (χ2v) is 7.84. The Morgan fingerprint density at radius 2 is 1.71 bits per heavy atom. The molecular weight excluding hydrogens is 419 g/mol. The minimum absolute atomic E-state index is 0. The van der Waals surface area contributed by atoms with Crippen molar-refractivity contribution in [1.82, 2.24) is 10.2 Å². The number of hydrogen-bond donors (Lipinski definition) is 3. The zero-order valence-corrected chi connectivity index (χ0v) is 17.2. The molecule has 0 atom stereocenters. The number of hydrogen-bond acceptors (Lipinski definition) is 5. The van der Waals surface area contributed by atoms with Gasteiger partial charge in [0.15, 0.2) is 5.03 Å². The van der Waals surface area contributed by atoms with E-state index < -0.39 is 9.84 Å². The lowest BCUT2D eigenvalue weighted by molar-refractivity contribution is 0.593. The Balaban J connectivity index is 0.00000140. The predicted molar refractivity (Wildman–Crippen MR) is 118 cm³/mol. The molecule has 0 saturated carbocycles. The summed E-state index contributed by atoms with van der Waals surface area (Å²) in [6.07, 6.45) is 0. The van der Waals surface area contributed by atoms with Crippen LogP contribution in [0.5, 0.6) is 0 Å². The number of rotatable bonds is 5. The molecule has 3 aromatic carbocycles. The maximum atomic E-state index is 13.3. The summed E-state index contributed by atoms with van der Waals surface area (Å²) in [4.78, 5) is 0.270. The first-order chi connectivity index (χ1) is 12.6. The van der Waals surface area contributed by atoms with E-state index in [0.717, 1.165) is 11.1 Å². The van der Waals surface area contributed by atoms with Gasteiger partial charge in [-0.3, -0.25) is 5.10 Å². The van der Waals surface area contributed by atoms with Crippen LogP contribution < -0.4 is 11.1 Å². The molecule has 1 heterocycles. The number of aromatic nitrogens is 2. The molecule has 0 aliphatic rings. The summed E-state index contributed by atoms with van der Waals surface area (Å²) in [7, 11) is -3.74. The van der Waals surface area contributed by atoms with Gasteiger partial charge in [-0.2, -0.15) is 5.10 Å². The van der Waals surface area contributed by atoms with Crippen LogP contribution in [0.1, 0.15) is 0 Å². The number of nitrogens with zero attached hydrogens (tertiary/aromatic N) is 1. The summed E-state index contributed by atoms with van der Waals surface area (Å²) in [5, 5.41) is 12.3. The summed E-state index contributed by atoms with van der Waals surface area (Å²) in [5.41, 5.74) is 6.94. The largest absolute Gasteiger partial charge is 0.384 e.